The maximum absolute atomic E-state index is 10.8. The number of nitro groups is 1. The van der Waals surface area contributed by atoms with Crippen LogP contribution in [0.2, 0.25) is 0 Å². The number of nitrogens with zero attached hydrogens (tertiary/aromatic N) is 4. The van der Waals surface area contributed by atoms with Crippen LogP contribution in [0.25, 0.3) is 11.0 Å². The van der Waals surface area contributed by atoms with Crippen LogP contribution in [0.3, 0.4) is 0 Å². The van der Waals surface area contributed by atoms with E-state index >= 15 is 0 Å². The lowest BCUT2D eigenvalue weighted by atomic mass is 10.1. The molecule has 0 bridgehead atoms. The standard InChI is InChI=1S/C18H17N5O2/c1-2-22-17-6-4-3-5-16(17)21-18(22)9-10-20-15-8-7-14(23(24)25)11-13(15)12-19/h3-8,11,20H,2,9-10H2,1H3. The second-order valence-electron chi connectivity index (χ2n) is 5.54. The summed E-state index contributed by atoms with van der Waals surface area (Å²) in [4.78, 5) is 15.0. The number of fused-ring (bicyclic) bond motifs is 1. The molecule has 0 fully saturated rings. The van der Waals surface area contributed by atoms with Crippen molar-refractivity contribution in [3.63, 3.8) is 0 Å². The van der Waals surface area contributed by atoms with E-state index in [0.717, 1.165) is 23.4 Å². The minimum atomic E-state index is -0.506. The molecule has 0 saturated heterocycles. The van der Waals surface area contributed by atoms with Crippen LogP contribution < -0.4 is 5.32 Å². The number of non-ortho nitro benzene ring substituents is 1. The van der Waals surface area contributed by atoms with E-state index in [2.05, 4.69) is 21.8 Å². The number of rotatable bonds is 6. The van der Waals surface area contributed by atoms with Crippen molar-refractivity contribution in [2.24, 2.45) is 0 Å². The zero-order valence-corrected chi connectivity index (χ0v) is 13.8. The molecule has 2 aromatic carbocycles. The molecule has 0 saturated carbocycles. The van der Waals surface area contributed by atoms with Crippen LogP contribution in [0, 0.1) is 21.4 Å². The van der Waals surface area contributed by atoms with Gasteiger partial charge in [0.05, 0.1) is 27.2 Å². The lowest BCUT2D eigenvalue weighted by Crippen LogP contribution is -2.11. The molecule has 25 heavy (non-hydrogen) atoms. The molecule has 1 N–H and O–H groups in total. The van der Waals surface area contributed by atoms with Crippen molar-refractivity contribution < 1.29 is 4.92 Å². The maximum Gasteiger partial charge on any atom is 0.270 e. The third-order valence-corrected chi connectivity index (χ3v) is 4.05. The third kappa shape index (κ3) is 3.28. The van der Waals surface area contributed by atoms with E-state index < -0.39 is 4.92 Å². The SMILES string of the molecule is CCn1c(CCNc2ccc([N+](=O)[O-])cc2C#N)nc2ccccc21. The fourth-order valence-electron chi connectivity index (χ4n) is 2.87. The molecular formula is C18H17N5O2. The number of hydrogen-bond donors (Lipinski definition) is 1. The van der Waals surface area contributed by atoms with Gasteiger partial charge in [-0.1, -0.05) is 12.1 Å². The molecule has 1 aromatic heterocycles. The number of benzene rings is 2. The van der Waals surface area contributed by atoms with Gasteiger partial charge in [0.1, 0.15) is 11.9 Å². The van der Waals surface area contributed by atoms with Crippen LogP contribution in [0.15, 0.2) is 42.5 Å². The number of nitrogens with one attached hydrogen (secondary N) is 1. The molecule has 0 spiro atoms. The molecule has 126 valence electrons. The number of anilines is 1. The zero-order chi connectivity index (χ0) is 17.8. The van der Waals surface area contributed by atoms with Gasteiger partial charge in [0.15, 0.2) is 0 Å². The number of imidazole rings is 1. The Morgan fingerprint density at radius 2 is 2.12 bits per heavy atom. The lowest BCUT2D eigenvalue weighted by molar-refractivity contribution is -0.384. The fourth-order valence-corrected chi connectivity index (χ4v) is 2.87. The first-order valence-corrected chi connectivity index (χ1v) is 8.00. The molecule has 0 aliphatic rings. The molecule has 0 amide bonds. The van der Waals surface area contributed by atoms with E-state index in [-0.39, 0.29) is 11.3 Å². The Balaban J connectivity index is 1.75. The van der Waals surface area contributed by atoms with Crippen molar-refractivity contribution in [1.82, 2.24) is 9.55 Å². The predicted octanol–water partition coefficient (Wildman–Crippen LogP) is 3.49. The van der Waals surface area contributed by atoms with Gasteiger partial charge in [-0.2, -0.15) is 5.26 Å². The molecule has 0 unspecified atom stereocenters. The van der Waals surface area contributed by atoms with Gasteiger partial charge in [0.25, 0.3) is 5.69 Å². The van der Waals surface area contributed by atoms with Crippen molar-refractivity contribution in [3.05, 3.63) is 64.0 Å². The molecule has 3 aromatic rings. The highest BCUT2D eigenvalue weighted by Crippen LogP contribution is 2.22. The summed E-state index contributed by atoms with van der Waals surface area (Å²) in [7, 11) is 0. The average Bonchev–Trinajstić information content (AvgIpc) is 2.99. The normalized spacial score (nSPS) is 10.6. The predicted molar refractivity (Wildman–Crippen MR) is 95.4 cm³/mol. The molecule has 0 radical (unpaired) electrons. The van der Waals surface area contributed by atoms with E-state index in [1.54, 1.807) is 6.07 Å². The summed E-state index contributed by atoms with van der Waals surface area (Å²) in [5.41, 5.74) is 2.83. The first kappa shape index (κ1) is 16.5. The van der Waals surface area contributed by atoms with Gasteiger partial charge >= 0.3 is 0 Å². The summed E-state index contributed by atoms with van der Waals surface area (Å²) in [6.45, 7) is 3.49. The highest BCUT2D eigenvalue weighted by Gasteiger charge is 2.12. The Hall–Kier alpha value is -3.40. The van der Waals surface area contributed by atoms with Crippen LogP contribution >= 0.6 is 0 Å². The number of aromatic nitrogens is 2. The summed E-state index contributed by atoms with van der Waals surface area (Å²) in [5, 5.41) is 23.2. The Morgan fingerprint density at radius 3 is 2.84 bits per heavy atom. The summed E-state index contributed by atoms with van der Waals surface area (Å²) >= 11 is 0. The van der Waals surface area contributed by atoms with Crippen LogP contribution in [-0.2, 0) is 13.0 Å². The molecular weight excluding hydrogens is 318 g/mol. The lowest BCUT2D eigenvalue weighted by Gasteiger charge is -2.09. The van der Waals surface area contributed by atoms with Gasteiger partial charge < -0.3 is 9.88 Å². The van der Waals surface area contributed by atoms with Crippen molar-refractivity contribution in [1.29, 1.82) is 5.26 Å². The monoisotopic (exact) mass is 335 g/mol. The van der Waals surface area contributed by atoms with Crippen LogP contribution in [0.4, 0.5) is 11.4 Å². The number of nitriles is 1. The quantitative estimate of drug-likeness (QED) is 0.549. The van der Waals surface area contributed by atoms with Crippen LogP contribution in [0.5, 0.6) is 0 Å². The topological polar surface area (TPSA) is 96.8 Å². The van der Waals surface area contributed by atoms with Gasteiger partial charge in [-0.05, 0) is 25.1 Å². The maximum atomic E-state index is 10.8. The average molecular weight is 335 g/mol. The Kier molecular flexibility index (Phi) is 4.61. The second-order valence-corrected chi connectivity index (χ2v) is 5.54. The summed E-state index contributed by atoms with van der Waals surface area (Å²) in [6.07, 6.45) is 0.685. The van der Waals surface area contributed by atoms with E-state index in [1.807, 2.05) is 30.3 Å². The van der Waals surface area contributed by atoms with Crippen LogP contribution in [-0.4, -0.2) is 21.0 Å². The Labute approximate surface area is 144 Å². The van der Waals surface area contributed by atoms with Crippen molar-refractivity contribution in [2.45, 2.75) is 19.9 Å². The minimum Gasteiger partial charge on any atom is -0.384 e. The smallest absolute Gasteiger partial charge is 0.270 e. The minimum absolute atomic E-state index is 0.0881. The van der Waals surface area contributed by atoms with Crippen molar-refractivity contribution >= 4 is 22.4 Å². The Bertz CT molecular complexity index is 971. The van der Waals surface area contributed by atoms with E-state index in [0.29, 0.717) is 18.7 Å². The number of nitro benzene ring substituents is 1. The van der Waals surface area contributed by atoms with E-state index in [4.69, 9.17) is 0 Å². The molecule has 0 atom stereocenters. The van der Waals surface area contributed by atoms with Gasteiger partial charge in [-0.3, -0.25) is 10.1 Å². The number of para-hydroxylation sites is 2. The highest BCUT2D eigenvalue weighted by molar-refractivity contribution is 5.75. The molecule has 3 rings (SSSR count). The van der Waals surface area contributed by atoms with Gasteiger partial charge in [-0.15, -0.1) is 0 Å². The summed E-state index contributed by atoms with van der Waals surface area (Å²) < 4.78 is 2.16. The van der Waals surface area contributed by atoms with Crippen LogP contribution in [0.1, 0.15) is 18.3 Å². The largest absolute Gasteiger partial charge is 0.384 e. The van der Waals surface area contributed by atoms with E-state index in [9.17, 15) is 15.4 Å². The number of hydrogen-bond acceptors (Lipinski definition) is 5. The third-order valence-electron chi connectivity index (χ3n) is 4.05. The molecule has 7 nitrogen and oxygen atoms in total. The second kappa shape index (κ2) is 7.01. The molecule has 0 aliphatic carbocycles. The first-order valence-electron chi connectivity index (χ1n) is 8.00. The van der Waals surface area contributed by atoms with E-state index in [1.165, 1.54) is 12.1 Å². The highest BCUT2D eigenvalue weighted by atomic mass is 16.6. The zero-order valence-electron chi connectivity index (χ0n) is 13.8. The molecule has 1 heterocycles. The molecule has 7 heteroatoms. The van der Waals surface area contributed by atoms with Gasteiger partial charge in [-0.25, -0.2) is 4.98 Å². The Morgan fingerprint density at radius 1 is 1.32 bits per heavy atom. The number of aryl methyl sites for hydroxylation is 1. The molecule has 0 aliphatic heterocycles. The van der Waals surface area contributed by atoms with Gasteiger partial charge in [0, 0.05) is 31.6 Å². The first-order chi connectivity index (χ1) is 12.1. The van der Waals surface area contributed by atoms with Gasteiger partial charge in [0.2, 0.25) is 0 Å². The van der Waals surface area contributed by atoms with Crippen molar-refractivity contribution in [3.8, 4) is 6.07 Å². The van der Waals surface area contributed by atoms with Crippen molar-refractivity contribution in [2.75, 3.05) is 11.9 Å². The fraction of sp³-hybridized carbons (Fsp3) is 0.222. The summed E-state index contributed by atoms with van der Waals surface area (Å²) in [6, 6.07) is 14.2. The summed E-state index contributed by atoms with van der Waals surface area (Å²) in [5.74, 6) is 0.969.